The normalized spacial score (nSPS) is 15.1. The first-order valence-corrected chi connectivity index (χ1v) is 10.3. The van der Waals surface area contributed by atoms with Crippen molar-refractivity contribution in [2.24, 2.45) is 5.73 Å². The molecule has 28 heavy (non-hydrogen) atoms. The highest BCUT2D eigenvalue weighted by atomic mass is 32.2. The van der Waals surface area contributed by atoms with E-state index in [1.807, 2.05) is 42.7 Å². The summed E-state index contributed by atoms with van der Waals surface area (Å²) in [5, 5.41) is 9.90. The first kappa shape index (κ1) is 18.7. The van der Waals surface area contributed by atoms with Crippen LogP contribution in [0, 0.1) is 6.92 Å². The molecule has 1 atom stereocenters. The van der Waals surface area contributed by atoms with Crippen LogP contribution >= 0.6 is 11.8 Å². The predicted octanol–water partition coefficient (Wildman–Crippen LogP) is 3.18. The summed E-state index contributed by atoms with van der Waals surface area (Å²) in [7, 11) is 0. The number of H-pyrrole nitrogens is 1. The summed E-state index contributed by atoms with van der Waals surface area (Å²) in [4.78, 5) is 27.7. The maximum atomic E-state index is 13.2. The number of aromatic amines is 1. The number of Topliss-reactive ketones (excluding diaryl/α,β-unsaturated/α-hetero) is 1. The third-order valence-corrected chi connectivity index (χ3v) is 6.14. The number of hydrogen-bond donors (Lipinski definition) is 2. The van der Waals surface area contributed by atoms with E-state index >= 15 is 0 Å². The highest BCUT2D eigenvalue weighted by molar-refractivity contribution is 8.00. The van der Waals surface area contributed by atoms with Gasteiger partial charge in [0.1, 0.15) is 5.82 Å². The molecule has 3 N–H and O–H groups in total. The lowest BCUT2D eigenvalue weighted by atomic mass is 10.1. The Bertz CT molecular complexity index is 1050. The summed E-state index contributed by atoms with van der Waals surface area (Å²) in [6, 6.07) is 7.82. The van der Waals surface area contributed by atoms with E-state index < -0.39 is 0 Å². The molecule has 2 aromatic heterocycles. The standard InChI is InChI=1S/C20H23N5O2S/c1-11-17(14-5-3-4-6-15(14)22-11)18(27)12(2)28-20-24-23-19(13-7-8-13)25(20)10-9-16(21)26/h3-6,12-13,22H,7-10H2,1-2H3,(H2,21,26). The van der Waals surface area contributed by atoms with Gasteiger partial charge < -0.3 is 15.3 Å². The predicted molar refractivity (Wildman–Crippen MR) is 108 cm³/mol. The second-order valence-electron chi connectivity index (χ2n) is 7.28. The summed E-state index contributed by atoms with van der Waals surface area (Å²) >= 11 is 1.39. The SMILES string of the molecule is Cc1[nH]c2ccccc2c1C(=O)C(C)Sc1nnc(C2CC2)n1CCC(N)=O. The molecule has 1 fully saturated rings. The van der Waals surface area contributed by atoms with Crippen LogP contribution in [0.5, 0.6) is 0 Å². The third kappa shape index (κ3) is 3.56. The van der Waals surface area contributed by atoms with Crippen LogP contribution in [0.3, 0.4) is 0 Å². The Balaban J connectivity index is 1.59. The van der Waals surface area contributed by atoms with Crippen LogP contribution in [0.15, 0.2) is 29.4 Å². The van der Waals surface area contributed by atoms with E-state index in [-0.39, 0.29) is 23.4 Å². The summed E-state index contributed by atoms with van der Waals surface area (Å²) in [5.74, 6) is 0.991. The molecule has 7 nitrogen and oxygen atoms in total. The van der Waals surface area contributed by atoms with Crippen LogP contribution < -0.4 is 5.73 Å². The molecular formula is C20H23N5O2S. The number of nitrogens with one attached hydrogen (secondary N) is 1. The summed E-state index contributed by atoms with van der Waals surface area (Å²) in [6.07, 6.45) is 2.40. The van der Waals surface area contributed by atoms with Gasteiger partial charge in [-0.3, -0.25) is 9.59 Å². The fraction of sp³-hybridized carbons (Fsp3) is 0.400. The third-order valence-electron chi connectivity index (χ3n) is 5.06. The zero-order valence-corrected chi connectivity index (χ0v) is 16.8. The van der Waals surface area contributed by atoms with Gasteiger partial charge in [-0.15, -0.1) is 10.2 Å². The number of nitrogens with zero attached hydrogens (tertiary/aromatic N) is 3. The molecule has 1 amide bonds. The van der Waals surface area contributed by atoms with E-state index in [1.165, 1.54) is 11.8 Å². The molecular weight excluding hydrogens is 374 g/mol. The number of carbonyl (C=O) groups is 2. The topological polar surface area (TPSA) is 107 Å². The number of nitrogens with two attached hydrogens (primary N) is 1. The van der Waals surface area contributed by atoms with E-state index in [0.29, 0.717) is 17.6 Å². The quantitative estimate of drug-likeness (QED) is 0.448. The zero-order chi connectivity index (χ0) is 19.8. The van der Waals surface area contributed by atoms with Crippen LogP contribution in [0.25, 0.3) is 10.9 Å². The molecule has 1 aromatic carbocycles. The molecule has 1 aliphatic rings. The molecule has 3 aromatic rings. The second-order valence-corrected chi connectivity index (χ2v) is 8.59. The minimum absolute atomic E-state index is 0.0531. The van der Waals surface area contributed by atoms with Gasteiger partial charge in [-0.1, -0.05) is 30.0 Å². The monoisotopic (exact) mass is 397 g/mol. The number of ketones is 1. The molecule has 1 aliphatic carbocycles. The number of fused-ring (bicyclic) bond motifs is 1. The van der Waals surface area contributed by atoms with E-state index in [9.17, 15) is 9.59 Å². The maximum Gasteiger partial charge on any atom is 0.219 e. The average Bonchev–Trinajstić information content (AvgIpc) is 3.34. The molecule has 1 unspecified atom stereocenters. The lowest BCUT2D eigenvalue weighted by Crippen LogP contribution is -2.18. The van der Waals surface area contributed by atoms with Crippen molar-refractivity contribution in [2.75, 3.05) is 0 Å². The number of amides is 1. The highest BCUT2D eigenvalue weighted by Crippen LogP contribution is 2.40. The minimum Gasteiger partial charge on any atom is -0.370 e. The van der Waals surface area contributed by atoms with Gasteiger partial charge >= 0.3 is 0 Å². The van der Waals surface area contributed by atoms with E-state index in [0.717, 1.165) is 40.8 Å². The van der Waals surface area contributed by atoms with Crippen LogP contribution in [-0.4, -0.2) is 36.7 Å². The molecule has 0 spiro atoms. The van der Waals surface area contributed by atoms with Crippen LogP contribution in [0.1, 0.15) is 54.0 Å². The van der Waals surface area contributed by atoms with E-state index in [2.05, 4.69) is 15.2 Å². The number of para-hydroxylation sites is 1. The first-order valence-electron chi connectivity index (χ1n) is 9.45. The molecule has 8 heteroatoms. The number of aryl methyl sites for hydroxylation is 1. The Labute approximate surface area is 167 Å². The van der Waals surface area contributed by atoms with Crippen LogP contribution in [0.2, 0.25) is 0 Å². The van der Waals surface area contributed by atoms with E-state index in [4.69, 9.17) is 5.73 Å². The smallest absolute Gasteiger partial charge is 0.219 e. The lowest BCUT2D eigenvalue weighted by molar-refractivity contribution is -0.118. The zero-order valence-electron chi connectivity index (χ0n) is 15.9. The van der Waals surface area contributed by atoms with Gasteiger partial charge in [0.2, 0.25) is 5.91 Å². The summed E-state index contributed by atoms with van der Waals surface area (Å²) < 4.78 is 1.96. The summed E-state index contributed by atoms with van der Waals surface area (Å²) in [5.41, 5.74) is 7.88. The number of benzene rings is 1. The largest absolute Gasteiger partial charge is 0.370 e. The molecule has 1 saturated carbocycles. The highest BCUT2D eigenvalue weighted by Gasteiger charge is 2.31. The Hall–Kier alpha value is -2.61. The minimum atomic E-state index is -0.357. The van der Waals surface area contributed by atoms with Crippen molar-refractivity contribution in [3.05, 3.63) is 41.3 Å². The number of primary amides is 1. The van der Waals surface area contributed by atoms with Gasteiger partial charge in [0, 0.05) is 41.0 Å². The number of rotatable bonds is 8. The number of thioether (sulfide) groups is 1. The number of carbonyl (C=O) groups excluding carboxylic acids is 2. The van der Waals surface area contributed by atoms with Crippen molar-refractivity contribution in [3.8, 4) is 0 Å². The Morgan fingerprint density at radius 3 is 2.79 bits per heavy atom. The van der Waals surface area contributed by atoms with Crippen molar-refractivity contribution in [2.45, 2.75) is 56.0 Å². The Morgan fingerprint density at radius 1 is 1.32 bits per heavy atom. The van der Waals surface area contributed by atoms with Crippen molar-refractivity contribution in [3.63, 3.8) is 0 Å². The van der Waals surface area contributed by atoms with Crippen LogP contribution in [0.4, 0.5) is 0 Å². The van der Waals surface area contributed by atoms with Gasteiger partial charge in [0.05, 0.1) is 5.25 Å². The fourth-order valence-corrected chi connectivity index (χ4v) is 4.41. The Morgan fingerprint density at radius 2 is 2.07 bits per heavy atom. The van der Waals surface area contributed by atoms with Crippen molar-refractivity contribution >= 4 is 34.4 Å². The number of hydrogen-bond acceptors (Lipinski definition) is 5. The van der Waals surface area contributed by atoms with Gasteiger partial charge in [0.15, 0.2) is 10.9 Å². The second kappa shape index (κ2) is 7.43. The Kier molecular flexibility index (Phi) is 4.97. The molecule has 4 rings (SSSR count). The maximum absolute atomic E-state index is 13.2. The van der Waals surface area contributed by atoms with Crippen LogP contribution in [-0.2, 0) is 11.3 Å². The van der Waals surface area contributed by atoms with Crippen molar-refractivity contribution in [1.82, 2.24) is 19.7 Å². The molecule has 146 valence electrons. The summed E-state index contributed by atoms with van der Waals surface area (Å²) in [6.45, 7) is 4.26. The lowest BCUT2D eigenvalue weighted by Gasteiger charge is -2.12. The van der Waals surface area contributed by atoms with Crippen molar-refractivity contribution < 1.29 is 9.59 Å². The van der Waals surface area contributed by atoms with E-state index in [1.54, 1.807) is 0 Å². The molecule has 0 saturated heterocycles. The van der Waals surface area contributed by atoms with Gasteiger partial charge in [-0.05, 0) is 32.8 Å². The van der Waals surface area contributed by atoms with Gasteiger partial charge in [-0.2, -0.15) is 0 Å². The average molecular weight is 398 g/mol. The van der Waals surface area contributed by atoms with Crippen molar-refractivity contribution in [1.29, 1.82) is 0 Å². The molecule has 0 bridgehead atoms. The fourth-order valence-electron chi connectivity index (χ4n) is 3.47. The number of aromatic nitrogens is 4. The van der Waals surface area contributed by atoms with Gasteiger partial charge in [-0.25, -0.2) is 0 Å². The van der Waals surface area contributed by atoms with Gasteiger partial charge in [0.25, 0.3) is 0 Å². The molecule has 0 radical (unpaired) electrons. The first-order chi connectivity index (χ1) is 13.5. The molecule has 2 heterocycles. The molecule has 0 aliphatic heterocycles.